The van der Waals surface area contributed by atoms with Crippen LogP contribution in [0.5, 0.6) is 11.5 Å². The van der Waals surface area contributed by atoms with Crippen LogP contribution in [-0.4, -0.2) is 32.9 Å². The number of aryl methyl sites for hydroxylation is 2. The molecule has 2 aromatic carbocycles. The van der Waals surface area contributed by atoms with Crippen LogP contribution in [0.15, 0.2) is 41.3 Å². The lowest BCUT2D eigenvalue weighted by molar-refractivity contribution is -0.148. The first-order valence-electron chi connectivity index (χ1n) is 10.2. The summed E-state index contributed by atoms with van der Waals surface area (Å²) in [5.74, 6) is -0.900. The summed E-state index contributed by atoms with van der Waals surface area (Å²) in [5, 5.41) is 0. The Morgan fingerprint density at radius 3 is 2.38 bits per heavy atom. The summed E-state index contributed by atoms with van der Waals surface area (Å²) in [6.07, 6.45) is 1.58. The number of benzene rings is 2. The van der Waals surface area contributed by atoms with Crippen LogP contribution in [0.2, 0.25) is 0 Å². The number of ether oxygens (including phenoxy) is 3. The lowest BCUT2D eigenvalue weighted by Gasteiger charge is -2.27. The Balaban J connectivity index is 1.85. The highest BCUT2D eigenvalue weighted by Crippen LogP contribution is 2.42. The van der Waals surface area contributed by atoms with Crippen molar-refractivity contribution < 1.29 is 36.2 Å². The highest BCUT2D eigenvalue weighted by molar-refractivity contribution is 7.93. The Hall–Kier alpha value is -2.68. The molecule has 2 aromatic rings. The number of rotatable bonds is 8. The van der Waals surface area contributed by atoms with Gasteiger partial charge in [-0.3, -0.25) is 4.79 Å². The number of sulfone groups is 1. The van der Waals surface area contributed by atoms with Crippen LogP contribution in [0.25, 0.3) is 0 Å². The molecular weight excluding hydrogens is 442 g/mol. The number of halogens is 2. The predicted octanol–water partition coefficient (Wildman–Crippen LogP) is 4.74. The first-order chi connectivity index (χ1) is 15.1. The molecular formula is C23H26F2O6S. The van der Waals surface area contributed by atoms with Crippen LogP contribution in [0.3, 0.4) is 0 Å². The van der Waals surface area contributed by atoms with Gasteiger partial charge in [0.15, 0.2) is 26.1 Å². The van der Waals surface area contributed by atoms with Gasteiger partial charge < -0.3 is 14.2 Å². The van der Waals surface area contributed by atoms with E-state index in [1.165, 1.54) is 25.3 Å². The van der Waals surface area contributed by atoms with Crippen molar-refractivity contribution in [1.82, 2.24) is 0 Å². The number of carbonyl (C=O) groups is 1. The van der Waals surface area contributed by atoms with Crippen molar-refractivity contribution in [2.75, 3.05) is 7.11 Å². The topological polar surface area (TPSA) is 78.9 Å². The molecule has 1 aliphatic rings. The fourth-order valence-corrected chi connectivity index (χ4v) is 6.37. The molecule has 9 heteroatoms. The summed E-state index contributed by atoms with van der Waals surface area (Å²) in [4.78, 5) is 13.3. The van der Waals surface area contributed by atoms with Crippen LogP contribution in [0, 0.1) is 13.8 Å². The second-order valence-corrected chi connectivity index (χ2v) is 10.1. The van der Waals surface area contributed by atoms with Crippen molar-refractivity contribution in [3.8, 4) is 11.5 Å². The minimum absolute atomic E-state index is 0.0532. The Bertz CT molecular complexity index is 1090. The molecule has 0 saturated heterocycles. The first kappa shape index (κ1) is 24.0. The zero-order valence-corrected chi connectivity index (χ0v) is 19.0. The molecule has 0 radical (unpaired) electrons. The van der Waals surface area contributed by atoms with Gasteiger partial charge in [0.05, 0.1) is 12.0 Å². The number of alkyl halides is 2. The maximum Gasteiger partial charge on any atom is 0.387 e. The summed E-state index contributed by atoms with van der Waals surface area (Å²) in [6.45, 7) is 0.265. The number of hydrogen-bond donors (Lipinski definition) is 0. The number of hydrogen-bond acceptors (Lipinski definition) is 6. The lowest BCUT2D eigenvalue weighted by Crippen LogP contribution is -2.45. The highest BCUT2D eigenvalue weighted by atomic mass is 32.2. The summed E-state index contributed by atoms with van der Waals surface area (Å²) < 4.78 is 65.5. The summed E-state index contributed by atoms with van der Waals surface area (Å²) in [7, 11) is -2.69. The zero-order chi connectivity index (χ0) is 23.5. The molecule has 32 heavy (non-hydrogen) atoms. The van der Waals surface area contributed by atoms with Crippen LogP contribution in [-0.2, 0) is 26.0 Å². The van der Waals surface area contributed by atoms with Gasteiger partial charge in [0.25, 0.3) is 0 Å². The SMILES string of the molecule is COc1cc(COC(=O)C2(S(=O)(=O)c3cc(C)ccc3C)CCCC2)ccc1OC(F)F. The van der Waals surface area contributed by atoms with Gasteiger partial charge in [-0.1, -0.05) is 31.0 Å². The molecule has 0 unspecified atom stereocenters. The molecule has 1 saturated carbocycles. The van der Waals surface area contributed by atoms with Crippen molar-refractivity contribution in [3.63, 3.8) is 0 Å². The van der Waals surface area contributed by atoms with E-state index in [9.17, 15) is 22.0 Å². The Kier molecular flexibility index (Phi) is 7.07. The predicted molar refractivity (Wildman–Crippen MR) is 114 cm³/mol. The van der Waals surface area contributed by atoms with Gasteiger partial charge in [0, 0.05) is 0 Å². The molecule has 1 aliphatic carbocycles. The van der Waals surface area contributed by atoms with Crippen LogP contribution in [0.1, 0.15) is 42.4 Å². The maximum absolute atomic E-state index is 13.6. The van der Waals surface area contributed by atoms with E-state index in [4.69, 9.17) is 9.47 Å². The molecule has 0 amide bonds. The lowest BCUT2D eigenvalue weighted by atomic mass is 10.1. The zero-order valence-electron chi connectivity index (χ0n) is 18.2. The minimum atomic E-state index is -3.99. The van der Waals surface area contributed by atoms with Crippen LogP contribution in [0.4, 0.5) is 8.78 Å². The molecule has 0 atom stereocenters. The number of methoxy groups -OCH3 is 1. The Morgan fingerprint density at radius 1 is 1.06 bits per heavy atom. The molecule has 0 bridgehead atoms. The highest BCUT2D eigenvalue weighted by Gasteiger charge is 2.54. The first-order valence-corrected chi connectivity index (χ1v) is 11.7. The normalized spacial score (nSPS) is 15.6. The smallest absolute Gasteiger partial charge is 0.387 e. The third-order valence-electron chi connectivity index (χ3n) is 5.74. The molecule has 0 heterocycles. The number of esters is 1. The van der Waals surface area contributed by atoms with Gasteiger partial charge in [0.1, 0.15) is 6.61 Å². The van der Waals surface area contributed by atoms with Crippen molar-refractivity contribution in [2.24, 2.45) is 0 Å². The van der Waals surface area contributed by atoms with Gasteiger partial charge in [-0.15, -0.1) is 0 Å². The average molecular weight is 469 g/mol. The van der Waals surface area contributed by atoms with Gasteiger partial charge in [-0.2, -0.15) is 8.78 Å². The molecule has 6 nitrogen and oxygen atoms in total. The second-order valence-electron chi connectivity index (χ2n) is 7.91. The van der Waals surface area contributed by atoms with E-state index in [1.54, 1.807) is 26.0 Å². The molecule has 0 aliphatic heterocycles. The molecule has 0 spiro atoms. The van der Waals surface area contributed by atoms with Crippen molar-refractivity contribution >= 4 is 15.8 Å². The van der Waals surface area contributed by atoms with E-state index in [1.807, 2.05) is 6.07 Å². The van der Waals surface area contributed by atoms with Gasteiger partial charge >= 0.3 is 12.6 Å². The monoisotopic (exact) mass is 468 g/mol. The fourth-order valence-electron chi connectivity index (χ4n) is 4.01. The van der Waals surface area contributed by atoms with Gasteiger partial charge in [-0.25, -0.2) is 8.42 Å². The minimum Gasteiger partial charge on any atom is -0.493 e. The molecule has 0 aromatic heterocycles. The Labute approximate surface area is 186 Å². The van der Waals surface area contributed by atoms with Crippen LogP contribution < -0.4 is 9.47 Å². The molecule has 1 fully saturated rings. The van der Waals surface area contributed by atoms with Gasteiger partial charge in [-0.05, 0) is 61.6 Å². The van der Waals surface area contributed by atoms with Crippen molar-refractivity contribution in [2.45, 2.75) is 62.4 Å². The van der Waals surface area contributed by atoms with Gasteiger partial charge in [0.2, 0.25) is 0 Å². The quantitative estimate of drug-likeness (QED) is 0.521. The molecule has 174 valence electrons. The standard InChI is InChI=1S/C23H26F2O6S/c1-15-6-7-16(2)20(12-15)32(27,28)23(10-4-5-11-23)21(26)30-14-17-8-9-18(31-22(24)25)19(13-17)29-3/h6-9,12-13,22H,4-5,10-11,14H2,1-3H3. The maximum atomic E-state index is 13.6. The fraction of sp³-hybridized carbons (Fsp3) is 0.435. The van der Waals surface area contributed by atoms with Crippen molar-refractivity contribution in [1.29, 1.82) is 0 Å². The molecule has 0 N–H and O–H groups in total. The Morgan fingerprint density at radius 2 is 1.75 bits per heavy atom. The summed E-state index contributed by atoms with van der Waals surface area (Å²) >= 11 is 0. The third-order valence-corrected chi connectivity index (χ3v) is 8.37. The van der Waals surface area contributed by atoms with E-state index in [0.29, 0.717) is 24.0 Å². The van der Waals surface area contributed by atoms with Crippen molar-refractivity contribution in [3.05, 3.63) is 53.1 Å². The van der Waals surface area contributed by atoms with E-state index in [0.717, 1.165) is 5.56 Å². The molecule has 3 rings (SSSR count). The van der Waals surface area contributed by atoms with E-state index in [-0.39, 0.29) is 35.8 Å². The summed E-state index contributed by atoms with van der Waals surface area (Å²) in [5.41, 5.74) is 1.82. The summed E-state index contributed by atoms with van der Waals surface area (Å²) in [6, 6.07) is 9.28. The van der Waals surface area contributed by atoms with E-state index in [2.05, 4.69) is 4.74 Å². The van der Waals surface area contributed by atoms with E-state index < -0.39 is 27.2 Å². The second kappa shape index (κ2) is 9.44. The van der Waals surface area contributed by atoms with E-state index >= 15 is 0 Å². The largest absolute Gasteiger partial charge is 0.493 e. The van der Waals surface area contributed by atoms with Crippen LogP contribution >= 0.6 is 0 Å². The third kappa shape index (κ3) is 4.57. The average Bonchev–Trinajstić information content (AvgIpc) is 3.26. The number of carbonyl (C=O) groups excluding carboxylic acids is 1.